The van der Waals surface area contributed by atoms with Crippen LogP contribution in [0.25, 0.3) is 0 Å². The number of rotatable bonds is 2. The first-order valence-electron chi connectivity index (χ1n) is 5.98. The quantitative estimate of drug-likeness (QED) is 0.869. The highest BCUT2D eigenvalue weighted by Crippen LogP contribution is 2.18. The molecule has 0 aliphatic carbocycles. The summed E-state index contributed by atoms with van der Waals surface area (Å²) in [5, 5.41) is 5.95. The zero-order valence-electron chi connectivity index (χ0n) is 10.3. The molecule has 100 valence electrons. The third-order valence-electron chi connectivity index (χ3n) is 3.15. The van der Waals surface area contributed by atoms with E-state index in [1.165, 1.54) is 6.07 Å². The number of benzene rings is 1. The molecule has 1 fully saturated rings. The zero-order valence-corrected chi connectivity index (χ0v) is 11.1. The number of anilines is 1. The lowest BCUT2D eigenvalue weighted by molar-refractivity contribution is -0.118. The van der Waals surface area contributed by atoms with Gasteiger partial charge in [-0.2, -0.15) is 0 Å². The van der Waals surface area contributed by atoms with Crippen molar-refractivity contribution in [1.29, 1.82) is 0 Å². The molecule has 0 unspecified atom stereocenters. The molecule has 2 rings (SSSR count). The minimum absolute atomic E-state index is 0. The molecule has 1 aliphatic rings. The van der Waals surface area contributed by atoms with Crippen molar-refractivity contribution >= 4 is 24.0 Å². The van der Waals surface area contributed by atoms with Gasteiger partial charge in [0.25, 0.3) is 0 Å². The molecular formula is C13H18ClFN2O. The number of amides is 1. The fourth-order valence-corrected chi connectivity index (χ4v) is 2.04. The SMILES string of the molecule is Cc1c(F)cccc1NC(=O)[C@@H]1CCCCN1.Cl. The second kappa shape index (κ2) is 6.71. The van der Waals surface area contributed by atoms with Crippen LogP contribution in [0.3, 0.4) is 0 Å². The normalized spacial score (nSPS) is 18.9. The lowest BCUT2D eigenvalue weighted by Crippen LogP contribution is -2.43. The van der Waals surface area contributed by atoms with Gasteiger partial charge in [-0.15, -0.1) is 12.4 Å². The first kappa shape index (κ1) is 14.9. The molecule has 1 amide bonds. The number of halogens is 2. The Morgan fingerprint density at radius 1 is 1.44 bits per heavy atom. The van der Waals surface area contributed by atoms with E-state index in [-0.39, 0.29) is 30.2 Å². The third-order valence-corrected chi connectivity index (χ3v) is 3.15. The van der Waals surface area contributed by atoms with Crippen LogP contribution >= 0.6 is 12.4 Å². The summed E-state index contributed by atoms with van der Waals surface area (Å²) in [5.41, 5.74) is 1.04. The van der Waals surface area contributed by atoms with Crippen LogP contribution in [0.4, 0.5) is 10.1 Å². The number of hydrogen-bond donors (Lipinski definition) is 2. The Balaban J connectivity index is 0.00000162. The molecule has 2 N–H and O–H groups in total. The van der Waals surface area contributed by atoms with E-state index in [9.17, 15) is 9.18 Å². The summed E-state index contributed by atoms with van der Waals surface area (Å²) in [6.45, 7) is 2.54. The average molecular weight is 273 g/mol. The van der Waals surface area contributed by atoms with Crippen molar-refractivity contribution in [1.82, 2.24) is 5.32 Å². The molecule has 1 aliphatic heterocycles. The van der Waals surface area contributed by atoms with Crippen LogP contribution in [0.2, 0.25) is 0 Å². The average Bonchev–Trinajstić information content (AvgIpc) is 2.36. The molecule has 0 radical (unpaired) electrons. The van der Waals surface area contributed by atoms with Crippen molar-refractivity contribution in [2.24, 2.45) is 0 Å². The van der Waals surface area contributed by atoms with Crippen LogP contribution in [0.1, 0.15) is 24.8 Å². The molecule has 0 aromatic heterocycles. The number of carbonyl (C=O) groups is 1. The van der Waals surface area contributed by atoms with Crippen molar-refractivity contribution in [2.45, 2.75) is 32.2 Å². The summed E-state index contributed by atoms with van der Waals surface area (Å²) >= 11 is 0. The van der Waals surface area contributed by atoms with Gasteiger partial charge in [-0.3, -0.25) is 4.79 Å². The second-order valence-electron chi connectivity index (χ2n) is 4.40. The molecule has 1 saturated heterocycles. The first-order valence-corrected chi connectivity index (χ1v) is 5.98. The summed E-state index contributed by atoms with van der Waals surface area (Å²) in [6, 6.07) is 4.57. The summed E-state index contributed by atoms with van der Waals surface area (Å²) in [6.07, 6.45) is 3.02. The van der Waals surface area contributed by atoms with Gasteiger partial charge in [0.05, 0.1) is 6.04 Å². The molecule has 18 heavy (non-hydrogen) atoms. The fraction of sp³-hybridized carbons (Fsp3) is 0.462. The molecule has 1 aromatic carbocycles. The van der Waals surface area contributed by atoms with Gasteiger partial charge in [-0.25, -0.2) is 4.39 Å². The maximum absolute atomic E-state index is 13.3. The molecule has 3 nitrogen and oxygen atoms in total. The Labute approximate surface area is 113 Å². The third kappa shape index (κ3) is 3.43. The maximum Gasteiger partial charge on any atom is 0.241 e. The van der Waals surface area contributed by atoms with Crippen LogP contribution in [-0.2, 0) is 4.79 Å². The van der Waals surface area contributed by atoms with Crippen LogP contribution < -0.4 is 10.6 Å². The van der Waals surface area contributed by atoms with E-state index in [1.54, 1.807) is 19.1 Å². The van der Waals surface area contributed by atoms with Gasteiger partial charge >= 0.3 is 0 Å². The molecule has 5 heteroatoms. The topological polar surface area (TPSA) is 41.1 Å². The van der Waals surface area contributed by atoms with E-state index >= 15 is 0 Å². The Morgan fingerprint density at radius 2 is 2.22 bits per heavy atom. The molecule has 1 atom stereocenters. The summed E-state index contributed by atoms with van der Waals surface area (Å²) in [7, 11) is 0. The predicted octanol–water partition coefficient (Wildman–Crippen LogP) is 2.64. The van der Waals surface area contributed by atoms with Gasteiger partial charge in [-0.05, 0) is 38.4 Å². The Bertz CT molecular complexity index is 419. The van der Waals surface area contributed by atoms with Crippen molar-refractivity contribution in [3.8, 4) is 0 Å². The molecule has 1 aromatic rings. The van der Waals surface area contributed by atoms with E-state index in [2.05, 4.69) is 10.6 Å². The van der Waals surface area contributed by atoms with Crippen LogP contribution in [0.15, 0.2) is 18.2 Å². The molecule has 1 heterocycles. The minimum Gasteiger partial charge on any atom is -0.324 e. The van der Waals surface area contributed by atoms with Crippen molar-refractivity contribution in [3.63, 3.8) is 0 Å². The lowest BCUT2D eigenvalue weighted by atomic mass is 10.0. The largest absolute Gasteiger partial charge is 0.324 e. The van der Waals surface area contributed by atoms with E-state index in [1.807, 2.05) is 0 Å². The summed E-state index contributed by atoms with van der Waals surface area (Å²) in [4.78, 5) is 11.9. The first-order chi connectivity index (χ1) is 8.18. The lowest BCUT2D eigenvalue weighted by Gasteiger charge is -2.22. The van der Waals surface area contributed by atoms with E-state index in [0.717, 1.165) is 25.8 Å². The highest BCUT2D eigenvalue weighted by Gasteiger charge is 2.21. The molecule has 0 saturated carbocycles. The summed E-state index contributed by atoms with van der Waals surface area (Å²) in [5.74, 6) is -0.363. The predicted molar refractivity (Wildman–Crippen MR) is 72.7 cm³/mol. The van der Waals surface area contributed by atoms with E-state index in [4.69, 9.17) is 0 Å². The standard InChI is InChI=1S/C13H17FN2O.ClH/c1-9-10(14)5-4-7-11(9)16-13(17)12-6-2-3-8-15-12;/h4-5,7,12,15H,2-3,6,8H2,1H3,(H,16,17);1H/t12-;/m0./s1. The van der Waals surface area contributed by atoms with Crippen molar-refractivity contribution < 1.29 is 9.18 Å². The van der Waals surface area contributed by atoms with Gasteiger partial charge in [-0.1, -0.05) is 12.5 Å². The van der Waals surface area contributed by atoms with Gasteiger partial charge in [0.15, 0.2) is 0 Å². The number of carbonyl (C=O) groups excluding carboxylic acids is 1. The molecule has 0 bridgehead atoms. The Kier molecular flexibility index (Phi) is 5.56. The van der Waals surface area contributed by atoms with Crippen LogP contribution in [0, 0.1) is 12.7 Å². The van der Waals surface area contributed by atoms with Crippen LogP contribution in [-0.4, -0.2) is 18.5 Å². The van der Waals surface area contributed by atoms with Crippen molar-refractivity contribution in [2.75, 3.05) is 11.9 Å². The molecular weight excluding hydrogens is 255 g/mol. The smallest absolute Gasteiger partial charge is 0.241 e. The van der Waals surface area contributed by atoms with Gasteiger partial charge in [0.1, 0.15) is 5.82 Å². The minimum atomic E-state index is -0.292. The number of piperidine rings is 1. The van der Waals surface area contributed by atoms with Gasteiger partial charge in [0, 0.05) is 11.3 Å². The summed E-state index contributed by atoms with van der Waals surface area (Å²) < 4.78 is 13.3. The number of hydrogen-bond acceptors (Lipinski definition) is 2. The number of nitrogens with one attached hydrogen (secondary N) is 2. The molecule has 0 spiro atoms. The van der Waals surface area contributed by atoms with Gasteiger partial charge in [0.2, 0.25) is 5.91 Å². The monoisotopic (exact) mass is 272 g/mol. The highest BCUT2D eigenvalue weighted by molar-refractivity contribution is 5.95. The Hall–Kier alpha value is -1.13. The van der Waals surface area contributed by atoms with Crippen LogP contribution in [0.5, 0.6) is 0 Å². The van der Waals surface area contributed by atoms with Gasteiger partial charge < -0.3 is 10.6 Å². The zero-order chi connectivity index (χ0) is 12.3. The van der Waals surface area contributed by atoms with E-state index < -0.39 is 0 Å². The van der Waals surface area contributed by atoms with E-state index in [0.29, 0.717) is 11.3 Å². The second-order valence-corrected chi connectivity index (χ2v) is 4.40. The fourth-order valence-electron chi connectivity index (χ4n) is 2.04. The maximum atomic E-state index is 13.3. The highest BCUT2D eigenvalue weighted by atomic mass is 35.5. The van der Waals surface area contributed by atoms with Crippen molar-refractivity contribution in [3.05, 3.63) is 29.6 Å². The Morgan fingerprint density at radius 3 is 2.89 bits per heavy atom.